The average molecular weight is 1630 g/mol. The number of H-pyrrole nitrogens is 2. The molecule has 3 amide bonds. The highest BCUT2D eigenvalue weighted by Crippen LogP contribution is 2.47. The van der Waals surface area contributed by atoms with Gasteiger partial charge in [-0.05, 0) is 221 Å². The van der Waals surface area contributed by atoms with Crippen molar-refractivity contribution in [3.63, 3.8) is 0 Å². The maximum Gasteiger partial charge on any atom is 0.416 e. The number of nitrogens with one attached hydrogen (secondary N) is 3. The minimum atomic E-state index is -5.25. The van der Waals surface area contributed by atoms with Crippen LogP contribution in [0.15, 0.2) is 60.7 Å². The summed E-state index contributed by atoms with van der Waals surface area (Å²) in [6.07, 6.45) is -8.68. The molecule has 8 bridgehead atoms. The number of hydrogen-bond donors (Lipinski definition) is 3. The quantitative estimate of drug-likeness (QED) is 0.0144. The highest BCUT2D eigenvalue weighted by atomic mass is 19.4. The smallest absolute Gasteiger partial charge is 0.416 e. The number of amides is 3. The molecule has 29 heteroatoms. The SMILES string of the molecule is CCCCOC(C)C1=C(C)c2cc3nc(c4c5[nH]c(cc6[nH]c(cc1n2)[C@@H](C)[C@@H]6CC)c(C)c5C(=O)N(Cc1cc(C(F)(F)F)cc(C(F)(F)F)c1)C4=O)[C@@H](CCC(=O)Nc1ccc(CC(CN(CCN(CC(=O)OC(C)(C)C)CC(=O)OC(C)(C)C)CC(=O)OC(C)(C)C)N(CC(=O)OC(C)(C)C)CC(=O)OC(C)(C)C)cc1)[C@@H]3C. The van der Waals surface area contributed by atoms with Crippen molar-refractivity contribution in [2.45, 2.75) is 274 Å². The number of imide groups is 1. The van der Waals surface area contributed by atoms with Crippen molar-refractivity contribution in [2.75, 3.05) is 64.3 Å². The van der Waals surface area contributed by atoms with E-state index in [1.807, 2.05) is 45.9 Å². The standard InChI is InChI=1S/C87H117F6N9O14/c1-23-25-34-111-53(7)74-51(5)64-39-63-50(4)61(77(97-63)76-78-75(52(6)65(98-78)40-66-60(24-2)49(3)62(95-66)41-67(74)96-64)79(109)102(80(76)110)42-55-35-56(86(88,89)90)38-57(36-55)87(91,92)93)30-31-68(103)94-58-28-26-54(27-29-58)37-59(101(47-72(107)115-84(17,18)19)48-73(108)116-85(20,21)22)43-99(44-69(104)112-81(8,9)10)32-33-100(45-70(105)113-82(11,12)13)46-71(106)114-83(14,15)16/h26-29,35-36,38-41,49-50,53,59-61,95,98H,23-25,30-34,37,42-48H2,1-22H3,(H,94,103)/t49-,50-,53?,59?,60-,61-/m0/s1. The second-order valence-electron chi connectivity index (χ2n) is 35.7. The van der Waals surface area contributed by atoms with Crippen LogP contribution in [0.2, 0.25) is 0 Å². The minimum Gasteiger partial charge on any atom is -0.459 e. The molecule has 4 aliphatic rings. The number of alkyl halides is 6. The molecule has 2 aromatic carbocycles. The number of rotatable bonds is 30. The van der Waals surface area contributed by atoms with Gasteiger partial charge < -0.3 is 43.7 Å². The largest absolute Gasteiger partial charge is 0.459 e. The lowest BCUT2D eigenvalue weighted by Crippen LogP contribution is -2.52. The van der Waals surface area contributed by atoms with E-state index in [9.17, 15) is 55.1 Å². The number of aromatic amines is 2. The van der Waals surface area contributed by atoms with Gasteiger partial charge in [-0.1, -0.05) is 46.2 Å². The van der Waals surface area contributed by atoms with Gasteiger partial charge in [0.15, 0.2) is 0 Å². The van der Waals surface area contributed by atoms with E-state index < -0.39 is 148 Å². The molecule has 4 aliphatic heterocycles. The summed E-state index contributed by atoms with van der Waals surface area (Å²) in [7, 11) is 0. The molecule has 2 unspecified atom stereocenters. The first kappa shape index (κ1) is 92.5. The lowest BCUT2D eigenvalue weighted by atomic mass is 9.84. The van der Waals surface area contributed by atoms with E-state index in [1.165, 1.54) is 0 Å². The van der Waals surface area contributed by atoms with Gasteiger partial charge in [-0.2, -0.15) is 26.3 Å². The Balaban J connectivity index is 1.21. The van der Waals surface area contributed by atoms with Crippen molar-refractivity contribution in [3.05, 3.63) is 134 Å². The number of unbranched alkanes of at least 4 members (excludes halogenated alkanes) is 1. The zero-order chi connectivity index (χ0) is 86.4. The first-order chi connectivity index (χ1) is 53.6. The lowest BCUT2D eigenvalue weighted by molar-refractivity contribution is -0.163. The summed E-state index contributed by atoms with van der Waals surface area (Å²) in [6, 6.07) is 12.6. The van der Waals surface area contributed by atoms with Crippen molar-refractivity contribution < 1.29 is 93.1 Å². The second-order valence-corrected chi connectivity index (χ2v) is 35.7. The summed E-state index contributed by atoms with van der Waals surface area (Å²) in [5.74, 6) is -7.38. The van der Waals surface area contributed by atoms with Gasteiger partial charge in [-0.3, -0.25) is 62.9 Å². The first-order valence-corrected chi connectivity index (χ1v) is 39.8. The molecule has 3 N–H and O–H groups in total. The Morgan fingerprint density at radius 2 is 1.08 bits per heavy atom. The van der Waals surface area contributed by atoms with Gasteiger partial charge in [0.2, 0.25) is 5.91 Å². The number of hydrogen-bond acceptors (Lipinski definition) is 19. The molecule has 636 valence electrons. The van der Waals surface area contributed by atoms with Crippen molar-refractivity contribution in [1.29, 1.82) is 0 Å². The number of nitrogens with zero attached hydrogens (tertiary/aromatic N) is 6. The van der Waals surface area contributed by atoms with Crippen molar-refractivity contribution in [2.24, 2.45) is 0 Å². The van der Waals surface area contributed by atoms with Gasteiger partial charge in [0.25, 0.3) is 11.8 Å². The zero-order valence-corrected chi connectivity index (χ0v) is 71.2. The van der Waals surface area contributed by atoms with E-state index in [1.54, 1.807) is 150 Å². The Morgan fingerprint density at radius 3 is 1.58 bits per heavy atom. The van der Waals surface area contributed by atoms with E-state index in [0.717, 1.165) is 35.4 Å². The average Bonchev–Trinajstić information content (AvgIpc) is 1.56. The number of allylic oxidation sites excluding steroid dienone is 1. The number of carbonyl (C=O) groups is 8. The van der Waals surface area contributed by atoms with Crippen molar-refractivity contribution in [1.82, 2.24) is 39.5 Å². The summed E-state index contributed by atoms with van der Waals surface area (Å²) in [6.45, 7) is 36.8. The van der Waals surface area contributed by atoms with Gasteiger partial charge in [0.05, 0.1) is 90.2 Å². The fourth-order valence-electron chi connectivity index (χ4n) is 14.9. The molecule has 6 atom stereocenters. The normalized spacial score (nSPS) is 17.2. The maximum atomic E-state index is 15.8. The summed E-state index contributed by atoms with van der Waals surface area (Å²) in [5, 5.41) is 2.99. The number of esters is 5. The molecule has 6 heterocycles. The van der Waals surface area contributed by atoms with Gasteiger partial charge in [0, 0.05) is 96.2 Å². The van der Waals surface area contributed by atoms with Gasteiger partial charge in [0.1, 0.15) is 28.0 Å². The minimum absolute atomic E-state index is 0.00186. The third-order valence-electron chi connectivity index (χ3n) is 20.0. The molecule has 23 nitrogen and oxygen atoms in total. The summed E-state index contributed by atoms with van der Waals surface area (Å²) in [4.78, 5) is 138. The third kappa shape index (κ3) is 25.5. The number of fused-ring (bicyclic) bond motifs is 8. The lowest BCUT2D eigenvalue weighted by Gasteiger charge is -2.36. The molecule has 0 spiro atoms. The Labute approximate surface area is 676 Å². The third-order valence-corrected chi connectivity index (χ3v) is 20.0. The molecule has 8 rings (SSSR count). The molecular weight excluding hydrogens is 1510 g/mol. The molecular formula is C87H117F6N9O14. The number of ether oxygens (including phenoxy) is 6. The fraction of sp³-hybridized carbons (Fsp3) is 0.586. The van der Waals surface area contributed by atoms with E-state index in [0.29, 0.717) is 69.5 Å². The molecule has 0 aliphatic carbocycles. The highest BCUT2D eigenvalue weighted by Gasteiger charge is 2.44. The monoisotopic (exact) mass is 1630 g/mol. The van der Waals surface area contributed by atoms with E-state index >= 15 is 9.59 Å². The predicted octanol–water partition coefficient (Wildman–Crippen LogP) is 16.4. The van der Waals surface area contributed by atoms with Crippen LogP contribution in [-0.4, -0.2) is 186 Å². The summed E-state index contributed by atoms with van der Waals surface area (Å²) in [5.41, 5.74) is -2.02. The Bertz CT molecular complexity index is 4460. The molecule has 0 radical (unpaired) electrons. The number of benzene rings is 2. The topological polar surface area (TPSA) is 274 Å². The van der Waals surface area contributed by atoms with Crippen LogP contribution in [0.25, 0.3) is 22.2 Å². The van der Waals surface area contributed by atoms with Crippen LogP contribution in [0.3, 0.4) is 0 Å². The highest BCUT2D eigenvalue weighted by molar-refractivity contribution is 6.23. The summed E-state index contributed by atoms with van der Waals surface area (Å²) >= 11 is 0. The number of halogens is 6. The van der Waals surface area contributed by atoms with Crippen LogP contribution in [-0.2, 0) is 82.5 Å². The molecule has 0 fully saturated rings. The van der Waals surface area contributed by atoms with Crippen LogP contribution < -0.4 is 5.32 Å². The fourth-order valence-corrected chi connectivity index (χ4v) is 14.9. The van der Waals surface area contributed by atoms with Crippen LogP contribution in [0.4, 0.5) is 32.0 Å². The van der Waals surface area contributed by atoms with Crippen LogP contribution in [0.5, 0.6) is 0 Å². The van der Waals surface area contributed by atoms with Gasteiger partial charge >= 0.3 is 42.2 Å². The number of aryl methyl sites for hydroxylation is 1. The number of aromatic nitrogens is 4. The van der Waals surface area contributed by atoms with Crippen LogP contribution >= 0.6 is 0 Å². The summed E-state index contributed by atoms with van der Waals surface area (Å²) < 4.78 is 122. The van der Waals surface area contributed by atoms with E-state index in [-0.39, 0.29) is 98.8 Å². The molecule has 2 aromatic heterocycles. The maximum absolute atomic E-state index is 15.8. The number of carbonyl (C=O) groups excluding carboxylic acids is 8. The zero-order valence-electron chi connectivity index (χ0n) is 71.2. The molecule has 4 aromatic rings. The van der Waals surface area contributed by atoms with E-state index in [2.05, 4.69) is 29.1 Å². The van der Waals surface area contributed by atoms with Gasteiger partial charge in [-0.25, -0.2) is 4.98 Å². The molecule has 116 heavy (non-hydrogen) atoms. The first-order valence-electron chi connectivity index (χ1n) is 39.8. The van der Waals surface area contributed by atoms with E-state index in [4.69, 9.17) is 38.4 Å². The Morgan fingerprint density at radius 1 is 0.578 bits per heavy atom. The van der Waals surface area contributed by atoms with Gasteiger partial charge in [-0.15, -0.1) is 0 Å². The second kappa shape index (κ2) is 36.8. The van der Waals surface area contributed by atoms with Crippen molar-refractivity contribution >= 4 is 75.4 Å². The molecule has 0 saturated heterocycles. The van der Waals surface area contributed by atoms with Crippen LogP contribution in [0, 0.1) is 6.92 Å². The van der Waals surface area contributed by atoms with Crippen LogP contribution in [0.1, 0.15) is 284 Å². The Hall–Kier alpha value is -9.06. The van der Waals surface area contributed by atoms with Crippen molar-refractivity contribution in [3.8, 4) is 0 Å². The number of anilines is 1. The Kier molecular flexibility index (Phi) is 29.4. The predicted molar refractivity (Wildman–Crippen MR) is 429 cm³/mol. The molecule has 0 saturated carbocycles.